The Hall–Kier alpha value is 0.170. The molecule has 0 aromatic carbocycles. The molecule has 0 amide bonds. The van der Waals surface area contributed by atoms with Crippen LogP contribution < -0.4 is 5.32 Å². The Morgan fingerprint density at radius 3 is 2.38 bits per heavy atom. The molecule has 2 rings (SSSR count). The molecule has 1 saturated heterocycles. The number of β-amino-alcohol motifs (C(OH)–C–C–N with tert-alkyl or cyclic N) is 1. The van der Waals surface area contributed by atoms with Gasteiger partial charge < -0.3 is 10.4 Å². The van der Waals surface area contributed by atoms with Crippen LogP contribution in [0.3, 0.4) is 0 Å². The number of hydrogen-bond acceptors (Lipinski definition) is 3. The summed E-state index contributed by atoms with van der Waals surface area (Å²) in [6.45, 7) is 1.72. The maximum atomic E-state index is 9.62. The first-order valence-corrected chi connectivity index (χ1v) is 4.90. The quantitative estimate of drug-likeness (QED) is 0.679. The van der Waals surface area contributed by atoms with Gasteiger partial charge in [0.25, 0.3) is 0 Å². The minimum absolute atomic E-state index is 0. The van der Waals surface area contributed by atoms with E-state index in [0.29, 0.717) is 6.04 Å². The molecule has 3 nitrogen and oxygen atoms in total. The molecular weight excluding hydrogens is 188 g/mol. The van der Waals surface area contributed by atoms with Crippen molar-refractivity contribution in [3.63, 3.8) is 0 Å². The van der Waals surface area contributed by atoms with Gasteiger partial charge in [0.1, 0.15) is 0 Å². The van der Waals surface area contributed by atoms with E-state index >= 15 is 0 Å². The number of halogens is 1. The Balaban J connectivity index is 0.000000845. The minimum Gasteiger partial charge on any atom is -0.390 e. The number of nitrogens with zero attached hydrogens (tertiary/aromatic N) is 1. The molecule has 13 heavy (non-hydrogen) atoms. The molecule has 0 aromatic rings. The second kappa shape index (κ2) is 4.60. The lowest BCUT2D eigenvalue weighted by Gasteiger charge is -2.39. The summed E-state index contributed by atoms with van der Waals surface area (Å²) in [4.78, 5) is 2.36. The van der Waals surface area contributed by atoms with Crippen LogP contribution in [-0.2, 0) is 0 Å². The molecule has 0 aromatic heterocycles. The lowest BCUT2D eigenvalue weighted by Crippen LogP contribution is -2.49. The van der Waals surface area contributed by atoms with Crippen LogP contribution >= 0.6 is 12.4 Å². The summed E-state index contributed by atoms with van der Waals surface area (Å²) < 4.78 is 0. The van der Waals surface area contributed by atoms with Gasteiger partial charge in [0.05, 0.1) is 6.10 Å². The van der Waals surface area contributed by atoms with Gasteiger partial charge in [0, 0.05) is 25.2 Å². The number of likely N-dealkylation sites (N-methyl/N-ethyl adjacent to an activating group) is 1. The molecule has 0 bridgehead atoms. The summed E-state index contributed by atoms with van der Waals surface area (Å²) in [6.07, 6.45) is 3.85. The van der Waals surface area contributed by atoms with E-state index in [1.807, 2.05) is 0 Å². The van der Waals surface area contributed by atoms with Crippen molar-refractivity contribution in [3.8, 4) is 0 Å². The molecule has 0 unspecified atom stereocenters. The highest BCUT2D eigenvalue weighted by molar-refractivity contribution is 5.85. The maximum absolute atomic E-state index is 9.62. The summed E-state index contributed by atoms with van der Waals surface area (Å²) in [5, 5.41) is 12.8. The molecule has 78 valence electrons. The molecule has 2 aliphatic rings. The van der Waals surface area contributed by atoms with E-state index in [9.17, 15) is 5.11 Å². The van der Waals surface area contributed by atoms with Crippen LogP contribution in [0.25, 0.3) is 0 Å². The van der Waals surface area contributed by atoms with Crippen molar-refractivity contribution in [1.82, 2.24) is 10.2 Å². The van der Waals surface area contributed by atoms with Crippen LogP contribution in [0.5, 0.6) is 0 Å². The highest BCUT2D eigenvalue weighted by Crippen LogP contribution is 2.26. The van der Waals surface area contributed by atoms with Gasteiger partial charge in [0.15, 0.2) is 0 Å². The maximum Gasteiger partial charge on any atom is 0.0831 e. The van der Waals surface area contributed by atoms with Gasteiger partial charge in [0.2, 0.25) is 0 Å². The molecule has 4 heteroatoms. The largest absolute Gasteiger partial charge is 0.390 e. The molecule has 1 aliphatic heterocycles. The van der Waals surface area contributed by atoms with E-state index < -0.39 is 0 Å². The third-order valence-corrected chi connectivity index (χ3v) is 3.32. The van der Waals surface area contributed by atoms with Gasteiger partial charge in [-0.1, -0.05) is 6.42 Å². The molecule has 2 N–H and O–H groups in total. The number of aliphatic hydroxyl groups is 1. The van der Waals surface area contributed by atoms with Crippen molar-refractivity contribution in [2.24, 2.45) is 0 Å². The predicted molar refractivity (Wildman–Crippen MR) is 55.3 cm³/mol. The standard InChI is InChI=1S/C9H18N2O.ClH/c1-11(7-3-2-4-7)8-5-10-6-9(8)12;/h7-10,12H,2-6H2,1H3;1H/t8-,9-;/m1./s1. The molecule has 0 spiro atoms. The van der Waals surface area contributed by atoms with Gasteiger partial charge in [-0.25, -0.2) is 0 Å². The van der Waals surface area contributed by atoms with Crippen molar-refractivity contribution >= 4 is 12.4 Å². The second-order valence-corrected chi connectivity index (χ2v) is 4.04. The van der Waals surface area contributed by atoms with Gasteiger partial charge in [-0.05, 0) is 19.9 Å². The Labute approximate surface area is 85.9 Å². The van der Waals surface area contributed by atoms with E-state index in [0.717, 1.165) is 19.1 Å². The number of rotatable bonds is 2. The first kappa shape index (κ1) is 11.2. The summed E-state index contributed by atoms with van der Waals surface area (Å²) in [6, 6.07) is 1.10. The Bertz CT molecular complexity index is 164. The normalized spacial score (nSPS) is 34.4. The fraction of sp³-hybridized carbons (Fsp3) is 1.00. The zero-order valence-electron chi connectivity index (χ0n) is 8.07. The zero-order chi connectivity index (χ0) is 8.55. The van der Waals surface area contributed by atoms with E-state index in [-0.39, 0.29) is 18.5 Å². The van der Waals surface area contributed by atoms with E-state index in [1.165, 1.54) is 19.3 Å². The smallest absolute Gasteiger partial charge is 0.0831 e. The van der Waals surface area contributed by atoms with Gasteiger partial charge >= 0.3 is 0 Å². The van der Waals surface area contributed by atoms with Crippen LogP contribution in [0, 0.1) is 0 Å². The summed E-state index contributed by atoms with van der Waals surface area (Å²) in [5.41, 5.74) is 0. The molecule has 2 atom stereocenters. The SMILES string of the molecule is CN(C1CCC1)[C@@H]1CNC[C@H]1O.Cl. The number of nitrogens with one attached hydrogen (secondary N) is 1. The first-order valence-electron chi connectivity index (χ1n) is 4.90. The summed E-state index contributed by atoms with van der Waals surface area (Å²) in [5.74, 6) is 0. The van der Waals surface area contributed by atoms with Crippen molar-refractivity contribution in [3.05, 3.63) is 0 Å². The van der Waals surface area contributed by atoms with Crippen LogP contribution in [0.15, 0.2) is 0 Å². The highest BCUT2D eigenvalue weighted by Gasteiger charge is 2.34. The van der Waals surface area contributed by atoms with Gasteiger partial charge in [-0.15, -0.1) is 12.4 Å². The number of aliphatic hydroxyl groups excluding tert-OH is 1. The van der Waals surface area contributed by atoms with Gasteiger partial charge in [-0.3, -0.25) is 4.90 Å². The molecular formula is C9H19ClN2O. The van der Waals surface area contributed by atoms with E-state index in [2.05, 4.69) is 17.3 Å². The van der Waals surface area contributed by atoms with Crippen LogP contribution in [0.4, 0.5) is 0 Å². The van der Waals surface area contributed by atoms with Crippen LogP contribution in [0.1, 0.15) is 19.3 Å². The Morgan fingerprint density at radius 2 is 2.00 bits per heavy atom. The molecule has 0 radical (unpaired) electrons. The minimum atomic E-state index is -0.157. The third kappa shape index (κ3) is 2.15. The van der Waals surface area contributed by atoms with Crippen molar-refractivity contribution in [2.45, 2.75) is 37.5 Å². The van der Waals surface area contributed by atoms with E-state index in [4.69, 9.17) is 0 Å². The van der Waals surface area contributed by atoms with Crippen molar-refractivity contribution in [1.29, 1.82) is 0 Å². The van der Waals surface area contributed by atoms with Crippen molar-refractivity contribution in [2.75, 3.05) is 20.1 Å². The molecule has 1 heterocycles. The lowest BCUT2D eigenvalue weighted by atomic mass is 9.90. The highest BCUT2D eigenvalue weighted by atomic mass is 35.5. The van der Waals surface area contributed by atoms with Crippen LogP contribution in [-0.4, -0.2) is 48.3 Å². The zero-order valence-corrected chi connectivity index (χ0v) is 8.89. The predicted octanol–water partition coefficient (Wildman–Crippen LogP) is 0.225. The molecule has 2 fully saturated rings. The van der Waals surface area contributed by atoms with Crippen LogP contribution in [0.2, 0.25) is 0 Å². The fourth-order valence-corrected chi connectivity index (χ4v) is 2.13. The van der Waals surface area contributed by atoms with Crippen molar-refractivity contribution < 1.29 is 5.11 Å². The number of hydrogen-bond donors (Lipinski definition) is 2. The average molecular weight is 207 g/mol. The summed E-state index contributed by atoms with van der Waals surface area (Å²) in [7, 11) is 2.14. The second-order valence-electron chi connectivity index (χ2n) is 4.04. The molecule has 1 aliphatic carbocycles. The molecule has 1 saturated carbocycles. The van der Waals surface area contributed by atoms with Gasteiger partial charge in [-0.2, -0.15) is 0 Å². The Kier molecular flexibility index (Phi) is 3.98. The topological polar surface area (TPSA) is 35.5 Å². The first-order chi connectivity index (χ1) is 5.79. The lowest BCUT2D eigenvalue weighted by molar-refractivity contribution is 0.0467. The fourth-order valence-electron chi connectivity index (χ4n) is 2.13. The summed E-state index contributed by atoms with van der Waals surface area (Å²) >= 11 is 0. The Morgan fingerprint density at radius 1 is 1.31 bits per heavy atom. The third-order valence-electron chi connectivity index (χ3n) is 3.32. The van der Waals surface area contributed by atoms with E-state index in [1.54, 1.807) is 0 Å². The monoisotopic (exact) mass is 206 g/mol. The average Bonchev–Trinajstić information content (AvgIpc) is 2.31.